The fraction of sp³-hybridized carbons (Fsp3) is 0.417. The molecule has 33 heavy (non-hydrogen) atoms. The summed E-state index contributed by atoms with van der Waals surface area (Å²) >= 11 is 0. The van der Waals surface area contributed by atoms with Gasteiger partial charge in [0.1, 0.15) is 11.8 Å². The van der Waals surface area contributed by atoms with Crippen molar-refractivity contribution >= 4 is 27.5 Å². The SMILES string of the molecule is CNC(=O)C(C)N(Cc1cccc(C)c1)C(=O)CCCN(c1ccccc1OC)S(C)(=O)=O. The zero-order valence-corrected chi connectivity index (χ0v) is 20.7. The Balaban J connectivity index is 2.18. The Hall–Kier alpha value is -3.07. The molecule has 2 rings (SSSR count). The predicted octanol–water partition coefficient (Wildman–Crippen LogP) is 2.71. The molecule has 0 heterocycles. The van der Waals surface area contributed by atoms with Crippen LogP contribution < -0.4 is 14.4 Å². The van der Waals surface area contributed by atoms with E-state index in [0.29, 0.717) is 11.4 Å². The second-order valence-corrected chi connectivity index (χ2v) is 9.82. The number of ether oxygens (including phenoxy) is 1. The first-order chi connectivity index (χ1) is 15.6. The molecule has 2 aromatic rings. The molecule has 1 unspecified atom stereocenters. The van der Waals surface area contributed by atoms with Crippen molar-refractivity contribution < 1.29 is 22.7 Å². The molecule has 0 radical (unpaired) electrons. The number of hydrogen-bond donors (Lipinski definition) is 1. The lowest BCUT2D eigenvalue weighted by Gasteiger charge is -2.29. The largest absolute Gasteiger partial charge is 0.495 e. The molecule has 0 spiro atoms. The number of methoxy groups -OCH3 is 1. The van der Waals surface area contributed by atoms with E-state index >= 15 is 0 Å². The van der Waals surface area contributed by atoms with Crippen molar-refractivity contribution in [2.45, 2.75) is 39.3 Å². The van der Waals surface area contributed by atoms with Crippen LogP contribution >= 0.6 is 0 Å². The second-order valence-electron chi connectivity index (χ2n) is 7.91. The number of para-hydroxylation sites is 2. The van der Waals surface area contributed by atoms with Gasteiger partial charge in [-0.2, -0.15) is 0 Å². The fourth-order valence-corrected chi connectivity index (χ4v) is 4.59. The van der Waals surface area contributed by atoms with Gasteiger partial charge in [-0.3, -0.25) is 13.9 Å². The first-order valence-electron chi connectivity index (χ1n) is 10.8. The lowest BCUT2D eigenvalue weighted by molar-refractivity contribution is -0.140. The first kappa shape index (κ1) is 26.2. The summed E-state index contributed by atoms with van der Waals surface area (Å²) in [6.45, 7) is 4.05. The van der Waals surface area contributed by atoms with Gasteiger partial charge in [0, 0.05) is 26.6 Å². The third-order valence-electron chi connectivity index (χ3n) is 5.36. The maximum Gasteiger partial charge on any atom is 0.242 e. The Morgan fingerprint density at radius 3 is 2.42 bits per heavy atom. The van der Waals surface area contributed by atoms with Gasteiger partial charge in [0.05, 0.1) is 19.1 Å². The van der Waals surface area contributed by atoms with Crippen LogP contribution in [0, 0.1) is 6.92 Å². The molecule has 0 saturated heterocycles. The summed E-state index contributed by atoms with van der Waals surface area (Å²) in [7, 11) is -0.580. The van der Waals surface area contributed by atoms with E-state index in [0.717, 1.165) is 17.4 Å². The van der Waals surface area contributed by atoms with Crippen LogP contribution in [0.2, 0.25) is 0 Å². The van der Waals surface area contributed by atoms with Crippen LogP contribution in [-0.4, -0.2) is 58.1 Å². The molecule has 2 aromatic carbocycles. The van der Waals surface area contributed by atoms with Crippen molar-refractivity contribution in [2.24, 2.45) is 0 Å². The van der Waals surface area contributed by atoms with E-state index in [1.165, 1.54) is 23.4 Å². The van der Waals surface area contributed by atoms with Gasteiger partial charge in [0.15, 0.2) is 0 Å². The van der Waals surface area contributed by atoms with Crippen molar-refractivity contribution in [1.29, 1.82) is 0 Å². The number of likely N-dealkylation sites (N-methyl/N-ethyl adjacent to an activating group) is 1. The lowest BCUT2D eigenvalue weighted by atomic mass is 10.1. The number of benzene rings is 2. The number of hydrogen-bond acceptors (Lipinski definition) is 5. The Kier molecular flexibility index (Phi) is 9.28. The van der Waals surface area contributed by atoms with Crippen molar-refractivity contribution in [3.63, 3.8) is 0 Å². The molecule has 0 saturated carbocycles. The summed E-state index contributed by atoms with van der Waals surface area (Å²) in [6.07, 6.45) is 1.50. The number of sulfonamides is 1. The highest BCUT2D eigenvalue weighted by Gasteiger charge is 2.26. The van der Waals surface area contributed by atoms with Crippen molar-refractivity contribution in [2.75, 3.05) is 31.3 Å². The third kappa shape index (κ3) is 7.21. The van der Waals surface area contributed by atoms with Crippen LogP contribution in [-0.2, 0) is 26.2 Å². The van der Waals surface area contributed by atoms with Gasteiger partial charge < -0.3 is 15.0 Å². The summed E-state index contributed by atoms with van der Waals surface area (Å²) < 4.78 is 31.4. The molecule has 8 nitrogen and oxygen atoms in total. The highest BCUT2D eigenvalue weighted by molar-refractivity contribution is 7.92. The van der Waals surface area contributed by atoms with E-state index < -0.39 is 16.1 Å². The Bertz CT molecular complexity index is 1070. The van der Waals surface area contributed by atoms with Gasteiger partial charge in [-0.25, -0.2) is 8.42 Å². The van der Waals surface area contributed by atoms with E-state index in [4.69, 9.17) is 4.74 Å². The van der Waals surface area contributed by atoms with Gasteiger partial charge in [0.25, 0.3) is 0 Å². The van der Waals surface area contributed by atoms with Gasteiger partial charge in [0.2, 0.25) is 21.8 Å². The predicted molar refractivity (Wildman–Crippen MR) is 130 cm³/mol. The first-order valence-corrected chi connectivity index (χ1v) is 12.6. The molecule has 0 aliphatic carbocycles. The number of anilines is 1. The molecule has 2 amide bonds. The van der Waals surface area contributed by atoms with Crippen LogP contribution in [0.1, 0.15) is 30.9 Å². The van der Waals surface area contributed by atoms with E-state index in [1.54, 1.807) is 31.2 Å². The zero-order valence-electron chi connectivity index (χ0n) is 19.9. The van der Waals surface area contributed by atoms with E-state index in [1.807, 2.05) is 31.2 Å². The van der Waals surface area contributed by atoms with E-state index in [9.17, 15) is 18.0 Å². The summed E-state index contributed by atoms with van der Waals surface area (Å²) in [5.74, 6) is -0.0487. The molecule has 0 fully saturated rings. The van der Waals surface area contributed by atoms with Gasteiger partial charge in [-0.15, -0.1) is 0 Å². The molecule has 0 aliphatic rings. The minimum Gasteiger partial charge on any atom is -0.495 e. The number of carbonyl (C=O) groups excluding carboxylic acids is 2. The maximum absolute atomic E-state index is 13.1. The van der Waals surface area contributed by atoms with Crippen molar-refractivity contribution in [1.82, 2.24) is 10.2 Å². The monoisotopic (exact) mass is 475 g/mol. The van der Waals surface area contributed by atoms with Crippen LogP contribution in [0.4, 0.5) is 5.69 Å². The summed E-state index contributed by atoms with van der Waals surface area (Å²) in [5, 5.41) is 2.59. The summed E-state index contributed by atoms with van der Waals surface area (Å²) in [4.78, 5) is 26.9. The third-order valence-corrected chi connectivity index (χ3v) is 6.54. The Morgan fingerprint density at radius 1 is 1.12 bits per heavy atom. The molecule has 9 heteroatoms. The fourth-order valence-electron chi connectivity index (χ4n) is 3.62. The molecule has 180 valence electrons. The number of nitrogens with zero attached hydrogens (tertiary/aromatic N) is 2. The summed E-state index contributed by atoms with van der Waals surface area (Å²) in [6, 6.07) is 14.0. The van der Waals surface area contributed by atoms with Gasteiger partial charge >= 0.3 is 0 Å². The average Bonchev–Trinajstić information content (AvgIpc) is 2.78. The molecule has 0 aromatic heterocycles. The van der Waals surface area contributed by atoms with Crippen LogP contribution in [0.5, 0.6) is 5.75 Å². The summed E-state index contributed by atoms with van der Waals surface area (Å²) in [5.41, 5.74) is 2.41. The van der Waals surface area contributed by atoms with Crippen LogP contribution in [0.25, 0.3) is 0 Å². The topological polar surface area (TPSA) is 96.0 Å². The van der Waals surface area contributed by atoms with E-state index in [2.05, 4.69) is 5.32 Å². The Morgan fingerprint density at radius 2 is 1.82 bits per heavy atom. The Labute approximate surface area is 196 Å². The molecule has 1 atom stereocenters. The van der Waals surface area contributed by atoms with Crippen molar-refractivity contribution in [3.05, 3.63) is 59.7 Å². The molecular weight excluding hydrogens is 442 g/mol. The number of nitrogens with one attached hydrogen (secondary N) is 1. The van der Waals surface area contributed by atoms with Gasteiger partial charge in [-0.1, -0.05) is 42.0 Å². The zero-order chi connectivity index (χ0) is 24.6. The van der Waals surface area contributed by atoms with Crippen molar-refractivity contribution in [3.8, 4) is 5.75 Å². The number of carbonyl (C=O) groups is 2. The highest BCUT2D eigenvalue weighted by atomic mass is 32.2. The van der Waals surface area contributed by atoms with E-state index in [-0.39, 0.29) is 37.7 Å². The number of amides is 2. The average molecular weight is 476 g/mol. The molecule has 0 aliphatic heterocycles. The van der Waals surface area contributed by atoms with Crippen LogP contribution in [0.15, 0.2) is 48.5 Å². The minimum atomic E-state index is -3.59. The number of aryl methyl sites for hydroxylation is 1. The number of rotatable bonds is 11. The second kappa shape index (κ2) is 11.7. The molecule has 1 N–H and O–H groups in total. The normalized spacial score (nSPS) is 12.0. The smallest absolute Gasteiger partial charge is 0.242 e. The molecular formula is C24H33N3O5S. The standard InChI is InChI=1S/C24H33N3O5S/c1-18-10-8-11-20(16-18)17-26(19(2)24(29)25-3)23(28)14-9-15-27(33(5,30)31)21-12-6-7-13-22(21)32-4/h6-8,10-13,16,19H,9,14-15,17H2,1-5H3,(H,25,29). The maximum atomic E-state index is 13.1. The highest BCUT2D eigenvalue weighted by Crippen LogP contribution is 2.29. The van der Waals surface area contributed by atoms with Crippen LogP contribution in [0.3, 0.4) is 0 Å². The molecule has 0 bridgehead atoms. The lowest BCUT2D eigenvalue weighted by Crippen LogP contribution is -2.46. The van der Waals surface area contributed by atoms with Gasteiger partial charge in [-0.05, 0) is 38.0 Å². The quantitative estimate of drug-likeness (QED) is 0.539. The minimum absolute atomic E-state index is 0.0916.